The molecule has 0 radical (unpaired) electrons. The SMILES string of the molecule is Cc1csc(CC(C)C(=O)NC(CC(N)=O)C(=O)NC(CC(C)C)C(O)CC(C)C(=O)NC(C(=O)NCC(C)C)C(C)C)n1. The molecule has 0 fully saturated rings. The lowest BCUT2D eigenvalue weighted by atomic mass is 9.91. The highest BCUT2D eigenvalue weighted by atomic mass is 32.1. The van der Waals surface area contributed by atoms with Gasteiger partial charge >= 0.3 is 0 Å². The van der Waals surface area contributed by atoms with Crippen LogP contribution in [0, 0.1) is 36.5 Å². The molecule has 0 spiro atoms. The fourth-order valence-electron chi connectivity index (χ4n) is 4.56. The Labute approximate surface area is 266 Å². The normalized spacial score (nSPS) is 15.7. The molecule has 0 bridgehead atoms. The molecule has 6 unspecified atom stereocenters. The summed E-state index contributed by atoms with van der Waals surface area (Å²) in [5.74, 6) is -3.51. The third-order valence-electron chi connectivity index (χ3n) is 7.12. The smallest absolute Gasteiger partial charge is 0.243 e. The second-order valence-corrected chi connectivity index (χ2v) is 14.0. The number of carbonyl (C=O) groups is 5. The van der Waals surface area contributed by atoms with Crippen molar-refractivity contribution in [1.29, 1.82) is 0 Å². The third kappa shape index (κ3) is 14.1. The van der Waals surface area contributed by atoms with Gasteiger partial charge in [-0.1, -0.05) is 55.4 Å². The van der Waals surface area contributed by atoms with Crippen LogP contribution in [0.5, 0.6) is 0 Å². The van der Waals surface area contributed by atoms with E-state index in [1.807, 2.05) is 53.8 Å². The van der Waals surface area contributed by atoms with Gasteiger partial charge in [0.25, 0.3) is 0 Å². The summed E-state index contributed by atoms with van der Waals surface area (Å²) in [5, 5.41) is 24.9. The van der Waals surface area contributed by atoms with E-state index in [-0.39, 0.29) is 36.0 Å². The molecule has 44 heavy (non-hydrogen) atoms. The number of rotatable bonds is 19. The first kappa shape index (κ1) is 39.0. The second kappa shape index (κ2) is 18.7. The molecule has 0 saturated carbocycles. The number of aromatic nitrogens is 1. The Hall–Kier alpha value is -3.06. The van der Waals surface area contributed by atoms with E-state index in [2.05, 4.69) is 26.3 Å². The molecule has 0 aliphatic carbocycles. The Balaban J connectivity index is 2.94. The van der Waals surface area contributed by atoms with Gasteiger partial charge < -0.3 is 32.1 Å². The molecule has 1 aromatic heterocycles. The van der Waals surface area contributed by atoms with Gasteiger partial charge in [-0.15, -0.1) is 11.3 Å². The van der Waals surface area contributed by atoms with Crippen molar-refractivity contribution in [1.82, 2.24) is 26.3 Å². The van der Waals surface area contributed by atoms with Crippen molar-refractivity contribution in [2.24, 2.45) is 35.3 Å². The molecule has 0 saturated heterocycles. The van der Waals surface area contributed by atoms with Gasteiger partial charge in [-0.2, -0.15) is 0 Å². The Morgan fingerprint density at radius 1 is 0.841 bits per heavy atom. The number of aryl methyl sites for hydroxylation is 1. The van der Waals surface area contributed by atoms with E-state index >= 15 is 0 Å². The van der Waals surface area contributed by atoms with Gasteiger partial charge in [0.2, 0.25) is 29.5 Å². The predicted octanol–water partition coefficient (Wildman–Crippen LogP) is 1.82. The highest BCUT2D eigenvalue weighted by Gasteiger charge is 2.32. The van der Waals surface area contributed by atoms with Crippen LogP contribution in [0.3, 0.4) is 0 Å². The van der Waals surface area contributed by atoms with Crippen molar-refractivity contribution in [3.05, 3.63) is 16.1 Å². The lowest BCUT2D eigenvalue weighted by Crippen LogP contribution is -2.55. The lowest BCUT2D eigenvalue weighted by molar-refractivity contribution is -0.134. The number of aliphatic hydroxyl groups excluding tert-OH is 1. The Kier molecular flexibility index (Phi) is 16.5. The van der Waals surface area contributed by atoms with Crippen LogP contribution < -0.4 is 27.0 Å². The van der Waals surface area contributed by atoms with Crippen LogP contribution in [0.4, 0.5) is 0 Å². The summed E-state index contributed by atoms with van der Waals surface area (Å²) in [4.78, 5) is 68.2. The average Bonchev–Trinajstić information content (AvgIpc) is 3.32. The third-order valence-corrected chi connectivity index (χ3v) is 8.11. The fourth-order valence-corrected chi connectivity index (χ4v) is 5.46. The quantitative estimate of drug-likeness (QED) is 0.133. The van der Waals surface area contributed by atoms with E-state index in [0.717, 1.165) is 10.7 Å². The molecule has 7 N–H and O–H groups in total. The van der Waals surface area contributed by atoms with Crippen LogP contribution >= 0.6 is 11.3 Å². The number of hydrogen-bond acceptors (Lipinski definition) is 8. The number of amides is 5. The second-order valence-electron chi connectivity index (χ2n) is 13.0. The summed E-state index contributed by atoms with van der Waals surface area (Å²) in [6.45, 7) is 17.2. The van der Waals surface area contributed by atoms with Gasteiger partial charge in [-0.05, 0) is 37.5 Å². The first-order valence-electron chi connectivity index (χ1n) is 15.5. The molecule has 0 aromatic carbocycles. The average molecular weight is 639 g/mol. The molecule has 0 aliphatic heterocycles. The summed E-state index contributed by atoms with van der Waals surface area (Å²) in [6.07, 6.45) is -0.768. The Morgan fingerprint density at radius 2 is 1.45 bits per heavy atom. The van der Waals surface area contributed by atoms with Crippen LogP contribution in [0.15, 0.2) is 5.38 Å². The molecule has 0 aliphatic rings. The molecular formula is C31H54N6O6S. The van der Waals surface area contributed by atoms with E-state index in [1.54, 1.807) is 13.8 Å². The van der Waals surface area contributed by atoms with Crippen molar-refractivity contribution in [3.8, 4) is 0 Å². The zero-order chi connectivity index (χ0) is 33.7. The molecule has 250 valence electrons. The van der Waals surface area contributed by atoms with Gasteiger partial charge in [0.1, 0.15) is 12.1 Å². The topological polar surface area (TPSA) is 193 Å². The van der Waals surface area contributed by atoms with Gasteiger partial charge in [0.15, 0.2) is 0 Å². The lowest BCUT2D eigenvalue weighted by Gasteiger charge is -2.30. The fraction of sp³-hybridized carbons (Fsp3) is 0.742. The summed E-state index contributed by atoms with van der Waals surface area (Å²) in [6, 6.07) is -2.73. The number of hydrogen-bond donors (Lipinski definition) is 6. The summed E-state index contributed by atoms with van der Waals surface area (Å²) >= 11 is 1.44. The van der Waals surface area contributed by atoms with E-state index < -0.39 is 60.2 Å². The monoisotopic (exact) mass is 638 g/mol. The Bertz CT molecular complexity index is 1110. The van der Waals surface area contributed by atoms with Gasteiger partial charge in [0.05, 0.1) is 23.6 Å². The van der Waals surface area contributed by atoms with Crippen molar-refractivity contribution >= 4 is 40.9 Å². The number of nitrogens with one attached hydrogen (secondary N) is 4. The van der Waals surface area contributed by atoms with Crippen LogP contribution in [-0.2, 0) is 30.4 Å². The highest BCUT2D eigenvalue weighted by Crippen LogP contribution is 2.18. The minimum absolute atomic E-state index is 0.0129. The number of nitrogens with zero attached hydrogens (tertiary/aromatic N) is 1. The number of thiazole rings is 1. The molecule has 6 atom stereocenters. The maximum absolute atomic E-state index is 13.3. The Morgan fingerprint density at radius 3 is 1.95 bits per heavy atom. The minimum atomic E-state index is -1.24. The van der Waals surface area contributed by atoms with Crippen molar-refractivity contribution in [2.75, 3.05) is 6.54 Å². The molecular weight excluding hydrogens is 584 g/mol. The molecule has 1 heterocycles. The van der Waals surface area contributed by atoms with Crippen LogP contribution in [0.2, 0.25) is 0 Å². The largest absolute Gasteiger partial charge is 0.391 e. The number of carbonyl (C=O) groups excluding carboxylic acids is 5. The first-order valence-corrected chi connectivity index (χ1v) is 16.3. The van der Waals surface area contributed by atoms with E-state index in [0.29, 0.717) is 19.4 Å². The van der Waals surface area contributed by atoms with Crippen LogP contribution in [-0.4, -0.2) is 70.4 Å². The maximum atomic E-state index is 13.3. The van der Waals surface area contributed by atoms with Gasteiger partial charge in [0, 0.05) is 35.9 Å². The number of primary amides is 1. The number of aliphatic hydroxyl groups is 1. The van der Waals surface area contributed by atoms with Gasteiger partial charge in [-0.25, -0.2) is 4.98 Å². The molecule has 12 nitrogen and oxygen atoms in total. The molecule has 5 amide bonds. The van der Waals surface area contributed by atoms with E-state index in [4.69, 9.17) is 5.73 Å². The van der Waals surface area contributed by atoms with Gasteiger partial charge in [-0.3, -0.25) is 24.0 Å². The van der Waals surface area contributed by atoms with Crippen molar-refractivity contribution in [2.45, 2.75) is 112 Å². The van der Waals surface area contributed by atoms with Crippen molar-refractivity contribution in [3.63, 3.8) is 0 Å². The zero-order valence-corrected chi connectivity index (χ0v) is 28.5. The standard InChI is InChI=1S/C31H54N6O6S/c1-16(2)10-22(24(38)11-19(7)29(41)37-27(18(5)6)31(43)33-14-17(3)4)35-30(42)23(13-25(32)39)36-28(40)20(8)12-26-34-21(9)15-44-26/h15-20,22-24,27,38H,10-14H2,1-9H3,(H2,32,39)(H,33,43)(H,35,42)(H,36,40)(H,37,41). The summed E-state index contributed by atoms with van der Waals surface area (Å²) in [7, 11) is 0. The maximum Gasteiger partial charge on any atom is 0.243 e. The highest BCUT2D eigenvalue weighted by molar-refractivity contribution is 7.09. The van der Waals surface area contributed by atoms with Crippen molar-refractivity contribution < 1.29 is 29.1 Å². The number of nitrogens with two attached hydrogens (primary N) is 1. The van der Waals surface area contributed by atoms with Crippen LogP contribution in [0.1, 0.15) is 85.4 Å². The first-order chi connectivity index (χ1) is 20.4. The van der Waals surface area contributed by atoms with E-state index in [1.165, 1.54) is 11.3 Å². The van der Waals surface area contributed by atoms with Crippen LogP contribution in [0.25, 0.3) is 0 Å². The minimum Gasteiger partial charge on any atom is -0.391 e. The molecule has 1 aromatic rings. The molecule has 1 rings (SSSR count). The predicted molar refractivity (Wildman–Crippen MR) is 171 cm³/mol. The summed E-state index contributed by atoms with van der Waals surface area (Å²) < 4.78 is 0. The summed E-state index contributed by atoms with van der Waals surface area (Å²) in [5.41, 5.74) is 6.25. The zero-order valence-electron chi connectivity index (χ0n) is 27.7. The van der Waals surface area contributed by atoms with E-state index in [9.17, 15) is 29.1 Å². The molecule has 13 heteroatoms.